The number of nitrogens with zero attached hydrogens (tertiary/aromatic N) is 6. The van der Waals surface area contributed by atoms with Crippen LogP contribution in [0.4, 0.5) is 0 Å². The molecule has 0 aliphatic carbocycles. The molecule has 15 heteroatoms. The summed E-state index contributed by atoms with van der Waals surface area (Å²) in [7, 11) is 0. The molecule has 0 saturated carbocycles. The van der Waals surface area contributed by atoms with E-state index in [1.54, 1.807) is 0 Å². The van der Waals surface area contributed by atoms with E-state index in [1.165, 1.54) is 45.7 Å². The van der Waals surface area contributed by atoms with Crippen LogP contribution in [0.1, 0.15) is 24.9 Å². The number of hydrogen-bond donors (Lipinski definition) is 3. The summed E-state index contributed by atoms with van der Waals surface area (Å²) in [5.74, 6) is -2.43. The first-order chi connectivity index (χ1) is 16.7. The van der Waals surface area contributed by atoms with Gasteiger partial charge in [-0.05, 0) is 40.1 Å². The quantitative estimate of drug-likeness (QED) is 0.224. The zero-order valence-corrected chi connectivity index (χ0v) is 19.3. The van der Waals surface area contributed by atoms with Crippen LogP contribution < -0.4 is 5.73 Å². The van der Waals surface area contributed by atoms with Crippen LogP contribution in [0.3, 0.4) is 0 Å². The number of carbonyl (C=O) groups is 4. The number of aromatic hydroxyl groups is 1. The number of primary amides is 1. The third-order valence-corrected chi connectivity index (χ3v) is 7.63. The van der Waals surface area contributed by atoms with E-state index >= 15 is 0 Å². The number of aliphatic carboxylic acids is 1. The van der Waals surface area contributed by atoms with Crippen LogP contribution in [0.15, 0.2) is 40.7 Å². The molecule has 0 radical (unpaired) electrons. The van der Waals surface area contributed by atoms with E-state index in [1.807, 2.05) is 0 Å². The van der Waals surface area contributed by atoms with Gasteiger partial charge < -0.3 is 20.8 Å². The number of rotatable bonds is 7. The average molecular weight is 524 g/mol. The molecule has 2 aromatic rings. The van der Waals surface area contributed by atoms with Gasteiger partial charge in [-0.2, -0.15) is 0 Å². The van der Waals surface area contributed by atoms with Gasteiger partial charge in [0.2, 0.25) is 17.0 Å². The zero-order valence-electron chi connectivity index (χ0n) is 18.4. The molecular weight excluding hydrogens is 501 g/mol. The summed E-state index contributed by atoms with van der Waals surface area (Å²) in [4.78, 5) is 51.9. The monoisotopic (exact) mass is 523 g/mol. The molecule has 3 aliphatic heterocycles. The first-order valence-electron chi connectivity index (χ1n) is 10.7. The number of nitrogens with two attached hydrogens (primary N) is 1. The van der Waals surface area contributed by atoms with Crippen molar-refractivity contribution in [2.75, 3.05) is 12.3 Å². The Hall–Kier alpha value is -2.94. The van der Waals surface area contributed by atoms with Gasteiger partial charge in [0.15, 0.2) is 6.04 Å². The number of phenols is 1. The van der Waals surface area contributed by atoms with E-state index in [4.69, 9.17) is 5.73 Å². The number of carbonyl (C=O) groups excluding carboxylic acids is 3. The van der Waals surface area contributed by atoms with Crippen LogP contribution in [0.2, 0.25) is 0 Å². The van der Waals surface area contributed by atoms with Gasteiger partial charge in [-0.1, -0.05) is 23.9 Å². The number of benzene rings is 1. The van der Waals surface area contributed by atoms with Crippen LogP contribution in [0, 0.1) is 5.92 Å². The number of thioether (sulfide) groups is 1. The summed E-state index contributed by atoms with van der Waals surface area (Å²) >= 11 is 1.12. The number of hydrogen-bond acceptors (Lipinski definition) is 9. The van der Waals surface area contributed by atoms with Crippen molar-refractivity contribution in [2.24, 2.45) is 11.7 Å². The predicted molar refractivity (Wildman–Crippen MR) is 126 cm³/mol. The molecule has 3 amide bonds. The molecule has 5 rings (SSSR count). The van der Waals surface area contributed by atoms with Crippen molar-refractivity contribution in [3.63, 3.8) is 0 Å². The Balaban J connectivity index is 0.00000304. The number of tetrazole rings is 1. The molecule has 4 atom stereocenters. The Bertz CT molecular complexity index is 1280. The van der Waals surface area contributed by atoms with Crippen molar-refractivity contribution in [1.29, 1.82) is 0 Å². The molecule has 4 heterocycles. The summed E-state index contributed by atoms with van der Waals surface area (Å²) in [6, 6.07) is 3.90. The first kappa shape index (κ1) is 26.1. The Morgan fingerprint density at radius 1 is 1.25 bits per heavy atom. The molecular formula is C21H22N7NaO6S. The van der Waals surface area contributed by atoms with Crippen LogP contribution in [0.25, 0.3) is 0 Å². The maximum absolute atomic E-state index is 12.8. The number of amides is 3. The molecule has 2 saturated heterocycles. The molecule has 1 aromatic heterocycles. The van der Waals surface area contributed by atoms with Gasteiger partial charge in [-0.25, -0.2) is 9.48 Å². The maximum atomic E-state index is 12.8. The fourth-order valence-corrected chi connectivity index (χ4v) is 6.09. The summed E-state index contributed by atoms with van der Waals surface area (Å²) in [5, 5.41) is 31.2. The van der Waals surface area contributed by atoms with Gasteiger partial charge in [-0.15, -0.1) is 5.10 Å². The van der Waals surface area contributed by atoms with Crippen molar-refractivity contribution < 1.29 is 29.4 Å². The SMILES string of the molecule is CC(=O)N1C[C@H]2CC(CSc3nnnn3C(C(N)=O)c3ccc(O)cc3)=C(C(=O)O)N3C(=O)[C@@H]1[C@@H]23.[NaH]. The van der Waals surface area contributed by atoms with Gasteiger partial charge in [-0.3, -0.25) is 19.3 Å². The second-order valence-electron chi connectivity index (χ2n) is 8.63. The van der Waals surface area contributed by atoms with Gasteiger partial charge in [0, 0.05) is 25.1 Å². The number of β-lactam (4-membered cyclic amide) rings is 1. The Labute approximate surface area is 231 Å². The van der Waals surface area contributed by atoms with Crippen molar-refractivity contribution in [3.8, 4) is 5.75 Å². The van der Waals surface area contributed by atoms with Gasteiger partial charge in [0.25, 0.3) is 5.91 Å². The summed E-state index contributed by atoms with van der Waals surface area (Å²) in [6.45, 7) is 1.79. The Morgan fingerprint density at radius 3 is 2.56 bits per heavy atom. The van der Waals surface area contributed by atoms with E-state index in [0.717, 1.165) is 11.8 Å². The molecule has 3 aliphatic rings. The average Bonchev–Trinajstić information content (AvgIpc) is 3.41. The van der Waals surface area contributed by atoms with Crippen LogP contribution in [-0.4, -0.2) is 118 Å². The van der Waals surface area contributed by atoms with Crippen molar-refractivity contribution in [1.82, 2.24) is 30.0 Å². The third kappa shape index (κ3) is 4.17. The normalized spacial score (nSPS) is 23.0. The number of carboxylic acid groups (broad SMARTS) is 1. The minimum atomic E-state index is -1.22. The van der Waals surface area contributed by atoms with Crippen molar-refractivity contribution in [3.05, 3.63) is 41.1 Å². The fourth-order valence-electron chi connectivity index (χ4n) is 5.17. The van der Waals surface area contributed by atoms with E-state index in [9.17, 15) is 29.4 Å². The molecule has 1 aromatic carbocycles. The number of phenolic OH excluding ortho intramolecular Hbond substituents is 1. The van der Waals surface area contributed by atoms with Gasteiger partial charge in [0.1, 0.15) is 17.5 Å². The summed E-state index contributed by atoms with van der Waals surface area (Å²) in [5.41, 5.74) is 6.52. The van der Waals surface area contributed by atoms with Crippen LogP contribution in [-0.2, 0) is 19.2 Å². The topological polar surface area (TPSA) is 185 Å². The van der Waals surface area contributed by atoms with Crippen molar-refractivity contribution in [2.45, 2.75) is 36.6 Å². The Kier molecular flexibility index (Phi) is 7.14. The molecule has 1 unspecified atom stereocenters. The molecule has 13 nitrogen and oxygen atoms in total. The number of likely N-dealkylation sites (tertiary alicyclic amines) is 1. The first-order valence-corrected chi connectivity index (χ1v) is 11.7. The summed E-state index contributed by atoms with van der Waals surface area (Å²) < 4.78 is 1.24. The molecule has 4 N–H and O–H groups in total. The number of carboxylic acids is 1. The fraction of sp³-hybridized carbons (Fsp3) is 0.381. The second-order valence-corrected chi connectivity index (χ2v) is 9.57. The minimum absolute atomic E-state index is 0. The van der Waals surface area contributed by atoms with E-state index in [2.05, 4.69) is 15.5 Å². The summed E-state index contributed by atoms with van der Waals surface area (Å²) in [6.07, 6.45) is 0.405. The van der Waals surface area contributed by atoms with Gasteiger partial charge in [0.05, 0.1) is 6.04 Å². The zero-order chi connectivity index (χ0) is 25.0. The molecule has 0 spiro atoms. The van der Waals surface area contributed by atoms with Crippen LogP contribution >= 0.6 is 11.8 Å². The van der Waals surface area contributed by atoms with Crippen LogP contribution in [0.5, 0.6) is 5.75 Å². The molecule has 184 valence electrons. The molecule has 2 fully saturated rings. The predicted octanol–water partition coefficient (Wildman–Crippen LogP) is -1.30. The Morgan fingerprint density at radius 2 is 1.94 bits per heavy atom. The number of aromatic nitrogens is 4. The third-order valence-electron chi connectivity index (χ3n) is 6.61. The van der Waals surface area contributed by atoms with E-state index < -0.39 is 29.9 Å². The van der Waals surface area contributed by atoms with Gasteiger partial charge >= 0.3 is 35.5 Å². The van der Waals surface area contributed by atoms with Crippen molar-refractivity contribution >= 4 is 65.0 Å². The standard InChI is InChI=1S/C21H21N7O6S.Na.H/c1-9(29)26-7-11-6-12(16(20(33)34)27-14(11)17(26)19(27)32)8-35-21-23-24-25-28(21)15(18(22)31)10-2-4-13(30)5-3-10;;/h2-5,11,14-15,17,30H,6-8H2,1H3,(H2,22,31)(H,33,34);;/t11-,14-,15?,17+;;/m1../s1. The van der Waals surface area contributed by atoms with E-state index in [0.29, 0.717) is 24.1 Å². The molecule has 0 bridgehead atoms. The second kappa shape index (κ2) is 9.84. The van der Waals surface area contributed by atoms with E-state index in [-0.39, 0.29) is 69.8 Å². The molecule has 36 heavy (non-hydrogen) atoms.